The third kappa shape index (κ3) is 3.96. The first-order valence-corrected chi connectivity index (χ1v) is 10.8. The molecule has 1 aromatic heterocycles. The highest BCUT2D eigenvalue weighted by Crippen LogP contribution is 2.29. The van der Waals surface area contributed by atoms with Crippen LogP contribution in [0.3, 0.4) is 0 Å². The summed E-state index contributed by atoms with van der Waals surface area (Å²) in [4.78, 5) is 13.9. The largest absolute Gasteiger partial charge is 0.294 e. The van der Waals surface area contributed by atoms with Crippen LogP contribution >= 0.6 is 11.3 Å². The molecular weight excluding hydrogens is 374 g/mol. The van der Waals surface area contributed by atoms with Gasteiger partial charge in [0.2, 0.25) is 10.0 Å². The van der Waals surface area contributed by atoms with Crippen molar-refractivity contribution in [2.75, 3.05) is 19.6 Å². The van der Waals surface area contributed by atoms with Crippen LogP contribution in [-0.2, 0) is 10.0 Å². The molecule has 1 aliphatic rings. The van der Waals surface area contributed by atoms with Gasteiger partial charge in [-0.05, 0) is 50.4 Å². The van der Waals surface area contributed by atoms with Gasteiger partial charge in [-0.25, -0.2) is 13.1 Å². The lowest BCUT2D eigenvalue weighted by molar-refractivity contribution is -0.385. The number of nitro benzene ring substituents is 1. The Hall–Kier alpha value is -1.81. The molecule has 26 heavy (non-hydrogen) atoms. The summed E-state index contributed by atoms with van der Waals surface area (Å²) in [5.41, 5.74) is -0.0407. The molecule has 0 bridgehead atoms. The molecule has 1 fully saturated rings. The normalized spacial score (nSPS) is 16.7. The topological polar surface area (TPSA) is 92.5 Å². The summed E-state index contributed by atoms with van der Waals surface area (Å²) in [6.45, 7) is 3.59. The average Bonchev–Trinajstić information content (AvgIpc) is 3.28. The monoisotopic (exact) mass is 395 g/mol. The fourth-order valence-electron chi connectivity index (χ4n) is 3.30. The van der Waals surface area contributed by atoms with Crippen molar-refractivity contribution in [2.45, 2.75) is 30.7 Å². The standard InChI is InChI=1S/C17H21N3O4S2/c1-13-14(20(21)22)6-4-8-17(13)26(23,24)18-12-15(16-7-5-11-25-16)19-9-2-3-10-19/h4-8,11,15,18H,2-3,9-10,12H2,1H3. The van der Waals surface area contributed by atoms with E-state index in [1.807, 2.05) is 17.5 Å². The molecule has 140 valence electrons. The predicted octanol–water partition coefficient (Wildman–Crippen LogP) is 3.08. The summed E-state index contributed by atoms with van der Waals surface area (Å²) in [7, 11) is -3.84. The fourth-order valence-corrected chi connectivity index (χ4v) is 5.46. The zero-order valence-corrected chi connectivity index (χ0v) is 16.1. The maximum atomic E-state index is 12.8. The summed E-state index contributed by atoms with van der Waals surface area (Å²) in [5.74, 6) is 0. The molecule has 0 spiro atoms. The highest BCUT2D eigenvalue weighted by atomic mass is 32.2. The van der Waals surface area contributed by atoms with Crippen LogP contribution in [-0.4, -0.2) is 37.9 Å². The Balaban J connectivity index is 1.82. The van der Waals surface area contributed by atoms with E-state index in [1.165, 1.54) is 25.1 Å². The number of benzene rings is 1. The van der Waals surface area contributed by atoms with Gasteiger partial charge in [0.25, 0.3) is 5.69 Å². The Kier molecular flexibility index (Phi) is 5.71. The first-order valence-electron chi connectivity index (χ1n) is 8.41. The van der Waals surface area contributed by atoms with Crippen molar-refractivity contribution >= 4 is 27.0 Å². The van der Waals surface area contributed by atoms with Gasteiger partial charge in [-0.15, -0.1) is 11.3 Å². The molecular formula is C17H21N3O4S2. The molecule has 2 heterocycles. The van der Waals surface area contributed by atoms with Gasteiger partial charge in [-0.3, -0.25) is 15.0 Å². The minimum absolute atomic E-state index is 0.0220. The lowest BCUT2D eigenvalue weighted by atomic mass is 10.2. The molecule has 3 rings (SSSR count). The fraction of sp³-hybridized carbons (Fsp3) is 0.412. The van der Waals surface area contributed by atoms with Crippen molar-refractivity contribution < 1.29 is 13.3 Å². The number of thiophene rings is 1. The van der Waals surface area contributed by atoms with Gasteiger partial charge in [0, 0.05) is 23.1 Å². The van der Waals surface area contributed by atoms with Gasteiger partial charge >= 0.3 is 0 Å². The van der Waals surface area contributed by atoms with Crippen molar-refractivity contribution in [2.24, 2.45) is 0 Å². The van der Waals surface area contributed by atoms with Crippen LogP contribution in [0.1, 0.15) is 29.3 Å². The van der Waals surface area contributed by atoms with Gasteiger partial charge in [0.15, 0.2) is 0 Å². The Morgan fingerprint density at radius 3 is 2.62 bits per heavy atom. The maximum Gasteiger partial charge on any atom is 0.273 e. The molecule has 1 atom stereocenters. The number of rotatable bonds is 7. The van der Waals surface area contributed by atoms with Crippen LogP contribution in [0.2, 0.25) is 0 Å². The molecule has 1 N–H and O–H groups in total. The van der Waals surface area contributed by atoms with Crippen LogP contribution < -0.4 is 4.72 Å². The van der Waals surface area contributed by atoms with E-state index in [-0.39, 0.29) is 28.7 Å². The molecule has 9 heteroatoms. The van der Waals surface area contributed by atoms with Crippen LogP contribution in [0.5, 0.6) is 0 Å². The maximum absolute atomic E-state index is 12.8. The van der Waals surface area contributed by atoms with E-state index in [2.05, 4.69) is 9.62 Å². The summed E-state index contributed by atoms with van der Waals surface area (Å²) in [6.07, 6.45) is 2.22. The number of hydrogen-bond acceptors (Lipinski definition) is 6. The molecule has 0 aliphatic carbocycles. The minimum atomic E-state index is -3.84. The zero-order valence-electron chi connectivity index (χ0n) is 14.4. The van der Waals surface area contributed by atoms with Crippen LogP contribution in [0.4, 0.5) is 5.69 Å². The van der Waals surface area contributed by atoms with Crippen molar-refractivity contribution in [3.05, 3.63) is 56.3 Å². The molecule has 1 aromatic carbocycles. The van der Waals surface area contributed by atoms with E-state index in [0.29, 0.717) is 0 Å². The van der Waals surface area contributed by atoms with E-state index in [4.69, 9.17) is 0 Å². The lowest BCUT2D eigenvalue weighted by Crippen LogP contribution is -2.36. The number of nitro groups is 1. The van der Waals surface area contributed by atoms with E-state index in [9.17, 15) is 18.5 Å². The molecule has 0 saturated carbocycles. The highest BCUT2D eigenvalue weighted by Gasteiger charge is 2.28. The average molecular weight is 396 g/mol. The Morgan fingerprint density at radius 2 is 2.00 bits per heavy atom. The Bertz CT molecular complexity index is 875. The van der Waals surface area contributed by atoms with Gasteiger partial charge in [0.05, 0.1) is 15.9 Å². The van der Waals surface area contributed by atoms with Crippen molar-refractivity contribution in [3.8, 4) is 0 Å². The first-order chi connectivity index (χ1) is 12.4. The van der Waals surface area contributed by atoms with Crippen LogP contribution in [0.25, 0.3) is 0 Å². The van der Waals surface area contributed by atoms with Gasteiger partial charge < -0.3 is 0 Å². The molecule has 7 nitrogen and oxygen atoms in total. The number of likely N-dealkylation sites (tertiary alicyclic amines) is 1. The van der Waals surface area contributed by atoms with Gasteiger partial charge in [-0.1, -0.05) is 12.1 Å². The zero-order chi connectivity index (χ0) is 18.7. The van der Waals surface area contributed by atoms with E-state index in [1.54, 1.807) is 11.3 Å². The minimum Gasteiger partial charge on any atom is -0.294 e. The summed E-state index contributed by atoms with van der Waals surface area (Å²) in [6, 6.07) is 8.07. The molecule has 1 saturated heterocycles. The van der Waals surface area contributed by atoms with Crippen LogP contribution in [0, 0.1) is 17.0 Å². The number of nitrogens with zero attached hydrogens (tertiary/aromatic N) is 2. The summed E-state index contributed by atoms with van der Waals surface area (Å²) < 4.78 is 28.2. The number of nitrogens with one attached hydrogen (secondary N) is 1. The number of hydrogen-bond donors (Lipinski definition) is 1. The van der Waals surface area contributed by atoms with E-state index in [0.717, 1.165) is 30.8 Å². The van der Waals surface area contributed by atoms with Crippen molar-refractivity contribution in [1.29, 1.82) is 0 Å². The second-order valence-electron chi connectivity index (χ2n) is 6.28. The first kappa shape index (κ1) is 19.0. The summed E-state index contributed by atoms with van der Waals surface area (Å²) in [5, 5.41) is 13.1. The van der Waals surface area contributed by atoms with E-state index >= 15 is 0 Å². The number of sulfonamides is 1. The molecule has 0 radical (unpaired) electrons. The van der Waals surface area contributed by atoms with Gasteiger partial charge in [-0.2, -0.15) is 0 Å². The lowest BCUT2D eigenvalue weighted by Gasteiger charge is -2.27. The predicted molar refractivity (Wildman–Crippen MR) is 101 cm³/mol. The third-order valence-electron chi connectivity index (χ3n) is 4.66. The molecule has 1 unspecified atom stereocenters. The second kappa shape index (κ2) is 7.83. The Labute approximate surface area is 156 Å². The third-order valence-corrected chi connectivity index (χ3v) is 7.20. The summed E-state index contributed by atoms with van der Waals surface area (Å²) >= 11 is 1.61. The van der Waals surface area contributed by atoms with E-state index < -0.39 is 14.9 Å². The Morgan fingerprint density at radius 1 is 1.27 bits per heavy atom. The molecule has 2 aromatic rings. The van der Waals surface area contributed by atoms with Crippen LogP contribution in [0.15, 0.2) is 40.6 Å². The molecule has 0 amide bonds. The molecule has 1 aliphatic heterocycles. The van der Waals surface area contributed by atoms with Gasteiger partial charge in [0.1, 0.15) is 0 Å². The second-order valence-corrected chi connectivity index (χ2v) is 9.00. The highest BCUT2D eigenvalue weighted by molar-refractivity contribution is 7.89. The quantitative estimate of drug-likeness (QED) is 0.574. The van der Waals surface area contributed by atoms with Crippen molar-refractivity contribution in [1.82, 2.24) is 9.62 Å². The smallest absolute Gasteiger partial charge is 0.273 e. The van der Waals surface area contributed by atoms with Crippen molar-refractivity contribution in [3.63, 3.8) is 0 Å². The SMILES string of the molecule is Cc1c([N+](=O)[O-])cccc1S(=O)(=O)NCC(c1cccs1)N1CCCC1.